The Labute approximate surface area is 175 Å². The molecule has 0 bridgehead atoms. The van der Waals surface area contributed by atoms with Gasteiger partial charge in [-0.25, -0.2) is 14.8 Å². The van der Waals surface area contributed by atoms with Crippen LogP contribution < -0.4 is 14.4 Å². The number of benzene rings is 1. The second kappa shape index (κ2) is 9.11. The minimum atomic E-state index is -1.08. The Bertz CT molecular complexity index is 907. The molecular formula is C22H27N3O5. The standard InChI is InChI=1S/C22H27N3O5/c1-13(2)21(26)25(12-15-5-6-15)19-10-24-20(11-23-19)30-18-8-16(22(27)28)7-17(9-18)29-14(3)4/h7-11,13-15H,5-6,12H2,1-4H3,(H,27,28). The molecule has 1 heterocycles. The monoisotopic (exact) mass is 413 g/mol. The zero-order valence-corrected chi connectivity index (χ0v) is 17.7. The molecule has 1 aliphatic carbocycles. The van der Waals surface area contributed by atoms with E-state index >= 15 is 0 Å². The second-order valence-corrected chi connectivity index (χ2v) is 8.03. The van der Waals surface area contributed by atoms with E-state index in [-0.39, 0.29) is 35.1 Å². The van der Waals surface area contributed by atoms with E-state index in [9.17, 15) is 14.7 Å². The first-order chi connectivity index (χ1) is 14.2. The van der Waals surface area contributed by atoms with Crippen molar-refractivity contribution >= 4 is 17.7 Å². The number of carbonyl (C=O) groups is 2. The molecule has 8 nitrogen and oxygen atoms in total. The van der Waals surface area contributed by atoms with Gasteiger partial charge in [0, 0.05) is 18.5 Å². The van der Waals surface area contributed by atoms with Crippen LogP contribution in [0.2, 0.25) is 0 Å². The van der Waals surface area contributed by atoms with Crippen LogP contribution >= 0.6 is 0 Å². The molecule has 2 aromatic rings. The van der Waals surface area contributed by atoms with E-state index < -0.39 is 5.97 Å². The van der Waals surface area contributed by atoms with Gasteiger partial charge in [0.2, 0.25) is 11.8 Å². The van der Waals surface area contributed by atoms with E-state index in [1.165, 1.54) is 24.5 Å². The Morgan fingerprint density at radius 3 is 2.33 bits per heavy atom. The van der Waals surface area contributed by atoms with Crippen molar-refractivity contribution in [3.8, 4) is 17.4 Å². The first-order valence-electron chi connectivity index (χ1n) is 10.1. The highest BCUT2D eigenvalue weighted by atomic mass is 16.5. The van der Waals surface area contributed by atoms with Gasteiger partial charge in [0.1, 0.15) is 11.5 Å². The fourth-order valence-corrected chi connectivity index (χ4v) is 2.88. The number of aromatic nitrogens is 2. The first kappa shape index (κ1) is 21.5. The van der Waals surface area contributed by atoms with Crippen molar-refractivity contribution in [2.24, 2.45) is 11.8 Å². The molecule has 0 radical (unpaired) electrons. The maximum atomic E-state index is 12.6. The molecule has 0 saturated heterocycles. The number of carbonyl (C=O) groups excluding carboxylic acids is 1. The lowest BCUT2D eigenvalue weighted by molar-refractivity contribution is -0.121. The third-order valence-corrected chi connectivity index (χ3v) is 4.51. The van der Waals surface area contributed by atoms with E-state index in [2.05, 4.69) is 9.97 Å². The van der Waals surface area contributed by atoms with Crippen molar-refractivity contribution in [2.45, 2.75) is 46.6 Å². The predicted octanol–water partition coefficient (Wildman–Crippen LogP) is 4.15. The zero-order chi connectivity index (χ0) is 21.8. The van der Waals surface area contributed by atoms with Gasteiger partial charge in [-0.1, -0.05) is 13.8 Å². The summed E-state index contributed by atoms with van der Waals surface area (Å²) in [6, 6.07) is 4.44. The Hall–Kier alpha value is -3.16. The topological polar surface area (TPSA) is 102 Å². The summed E-state index contributed by atoms with van der Waals surface area (Å²) in [5, 5.41) is 9.33. The van der Waals surface area contributed by atoms with Crippen molar-refractivity contribution in [3.63, 3.8) is 0 Å². The Balaban J connectivity index is 1.79. The molecule has 0 spiro atoms. The fraction of sp³-hybridized carbons (Fsp3) is 0.455. The summed E-state index contributed by atoms with van der Waals surface area (Å²) >= 11 is 0. The van der Waals surface area contributed by atoms with E-state index in [1.807, 2.05) is 27.7 Å². The van der Waals surface area contributed by atoms with Gasteiger partial charge < -0.3 is 14.6 Å². The van der Waals surface area contributed by atoms with Crippen LogP contribution in [0.3, 0.4) is 0 Å². The van der Waals surface area contributed by atoms with Crippen molar-refractivity contribution in [3.05, 3.63) is 36.2 Å². The Morgan fingerprint density at radius 2 is 1.80 bits per heavy atom. The van der Waals surface area contributed by atoms with Crippen molar-refractivity contribution in [1.82, 2.24) is 9.97 Å². The smallest absolute Gasteiger partial charge is 0.335 e. The number of carboxylic acids is 1. The lowest BCUT2D eigenvalue weighted by Crippen LogP contribution is -2.36. The van der Waals surface area contributed by atoms with Crippen LogP contribution in [0.15, 0.2) is 30.6 Å². The van der Waals surface area contributed by atoms with Crippen molar-refractivity contribution in [1.29, 1.82) is 0 Å². The second-order valence-electron chi connectivity index (χ2n) is 8.03. The molecule has 1 N–H and O–H groups in total. The molecule has 0 aliphatic heterocycles. The maximum absolute atomic E-state index is 12.6. The molecule has 160 valence electrons. The van der Waals surface area contributed by atoms with Gasteiger partial charge in [-0.3, -0.25) is 9.69 Å². The summed E-state index contributed by atoms with van der Waals surface area (Å²) < 4.78 is 11.3. The Morgan fingerprint density at radius 1 is 1.10 bits per heavy atom. The van der Waals surface area contributed by atoms with Gasteiger partial charge in [-0.2, -0.15) is 0 Å². The summed E-state index contributed by atoms with van der Waals surface area (Å²) in [6.07, 6.45) is 5.06. The minimum Gasteiger partial charge on any atom is -0.491 e. The number of ether oxygens (including phenoxy) is 2. The highest BCUT2D eigenvalue weighted by Crippen LogP contribution is 2.32. The van der Waals surface area contributed by atoms with Crippen LogP contribution in [0.5, 0.6) is 17.4 Å². The number of aromatic carboxylic acids is 1. The van der Waals surface area contributed by atoms with Gasteiger partial charge in [0.15, 0.2) is 5.82 Å². The fourth-order valence-electron chi connectivity index (χ4n) is 2.88. The lowest BCUT2D eigenvalue weighted by Gasteiger charge is -2.23. The molecule has 0 atom stereocenters. The molecular weight excluding hydrogens is 386 g/mol. The summed E-state index contributed by atoms with van der Waals surface area (Å²) in [5.74, 6) is 0.649. The minimum absolute atomic E-state index is 0.00880. The van der Waals surface area contributed by atoms with Crippen LogP contribution in [0.1, 0.15) is 50.9 Å². The largest absolute Gasteiger partial charge is 0.491 e. The van der Waals surface area contributed by atoms with Gasteiger partial charge >= 0.3 is 5.97 Å². The summed E-state index contributed by atoms with van der Waals surface area (Å²) in [7, 11) is 0. The number of hydrogen-bond acceptors (Lipinski definition) is 6. The molecule has 1 aromatic heterocycles. The van der Waals surface area contributed by atoms with E-state index in [4.69, 9.17) is 9.47 Å². The average molecular weight is 413 g/mol. The quantitative estimate of drug-likeness (QED) is 0.659. The molecule has 3 rings (SSSR count). The van der Waals surface area contributed by atoms with Crippen LogP contribution in [-0.2, 0) is 4.79 Å². The highest BCUT2D eigenvalue weighted by molar-refractivity contribution is 5.93. The Kier molecular flexibility index (Phi) is 6.54. The zero-order valence-electron chi connectivity index (χ0n) is 17.7. The molecule has 1 aliphatic rings. The van der Waals surface area contributed by atoms with Crippen LogP contribution in [0.25, 0.3) is 0 Å². The number of hydrogen-bond donors (Lipinski definition) is 1. The lowest BCUT2D eigenvalue weighted by atomic mass is 10.2. The van der Waals surface area contributed by atoms with E-state index in [0.29, 0.717) is 24.0 Å². The first-order valence-corrected chi connectivity index (χ1v) is 10.1. The van der Waals surface area contributed by atoms with Crippen LogP contribution in [0.4, 0.5) is 5.82 Å². The molecule has 1 amide bonds. The summed E-state index contributed by atoms with van der Waals surface area (Å²) in [4.78, 5) is 34.3. The van der Waals surface area contributed by atoms with Gasteiger partial charge in [0.25, 0.3) is 0 Å². The number of rotatable bonds is 9. The van der Waals surface area contributed by atoms with Crippen molar-refractivity contribution < 1.29 is 24.2 Å². The van der Waals surface area contributed by atoms with Crippen LogP contribution in [0, 0.1) is 11.8 Å². The molecule has 0 unspecified atom stereocenters. The maximum Gasteiger partial charge on any atom is 0.335 e. The normalized spacial score (nSPS) is 13.4. The van der Waals surface area contributed by atoms with Crippen LogP contribution in [-0.4, -0.2) is 39.6 Å². The third-order valence-electron chi connectivity index (χ3n) is 4.51. The average Bonchev–Trinajstić information content (AvgIpc) is 3.49. The molecule has 1 saturated carbocycles. The number of anilines is 1. The number of amides is 1. The molecule has 1 aromatic carbocycles. The summed E-state index contributed by atoms with van der Waals surface area (Å²) in [6.45, 7) is 8.06. The van der Waals surface area contributed by atoms with E-state index in [1.54, 1.807) is 11.0 Å². The predicted molar refractivity (Wildman–Crippen MR) is 111 cm³/mol. The summed E-state index contributed by atoms with van der Waals surface area (Å²) in [5.41, 5.74) is 0.0471. The van der Waals surface area contributed by atoms with Gasteiger partial charge in [0.05, 0.1) is 24.1 Å². The van der Waals surface area contributed by atoms with E-state index in [0.717, 1.165) is 12.8 Å². The molecule has 8 heteroatoms. The van der Waals surface area contributed by atoms with Gasteiger partial charge in [-0.05, 0) is 44.7 Å². The third kappa shape index (κ3) is 5.68. The van der Waals surface area contributed by atoms with Gasteiger partial charge in [-0.15, -0.1) is 0 Å². The molecule has 1 fully saturated rings. The molecule has 30 heavy (non-hydrogen) atoms. The van der Waals surface area contributed by atoms with Crippen molar-refractivity contribution in [2.75, 3.05) is 11.4 Å². The number of nitrogens with zero attached hydrogens (tertiary/aromatic N) is 3. The SMILES string of the molecule is CC(C)Oc1cc(Oc2cnc(N(CC3CC3)C(=O)C(C)C)cn2)cc(C(=O)O)c1. The highest BCUT2D eigenvalue weighted by Gasteiger charge is 2.29. The number of carboxylic acid groups (broad SMARTS) is 1.